The Balaban J connectivity index is 1.49. The molecule has 3 aromatic rings. The molecule has 1 atom stereocenters. The number of sulfone groups is 1. The van der Waals surface area contributed by atoms with Gasteiger partial charge < -0.3 is 5.32 Å². The topological polar surface area (TPSA) is 81.1 Å². The molecule has 0 spiro atoms. The Labute approximate surface area is 172 Å². The van der Waals surface area contributed by atoms with Gasteiger partial charge in [-0.05, 0) is 43.0 Å². The van der Waals surface area contributed by atoms with Crippen LogP contribution in [0.2, 0.25) is 5.02 Å². The third-order valence-corrected chi connectivity index (χ3v) is 8.19. The maximum absolute atomic E-state index is 12.6. The summed E-state index contributed by atoms with van der Waals surface area (Å²) in [4.78, 5) is 14.1. The van der Waals surface area contributed by atoms with E-state index in [1.807, 2.05) is 41.9 Å². The van der Waals surface area contributed by atoms with Gasteiger partial charge in [0.05, 0.1) is 28.6 Å². The number of carbonyl (C=O) groups excluding carboxylic acids is 1. The van der Waals surface area contributed by atoms with Crippen molar-refractivity contribution in [1.82, 2.24) is 15.1 Å². The number of hydrogen-bond acceptors (Lipinski definition) is 5. The number of benzene rings is 1. The summed E-state index contributed by atoms with van der Waals surface area (Å²) in [6.45, 7) is 2.92. The van der Waals surface area contributed by atoms with Crippen LogP contribution in [0.15, 0.2) is 30.3 Å². The fraction of sp³-hybridized carbons (Fsp3) is 0.368. The second kappa shape index (κ2) is 7.50. The molecule has 0 aliphatic carbocycles. The van der Waals surface area contributed by atoms with Crippen molar-refractivity contribution >= 4 is 48.9 Å². The van der Waals surface area contributed by atoms with Crippen molar-refractivity contribution in [1.29, 1.82) is 0 Å². The maximum Gasteiger partial charge on any atom is 0.261 e. The molecule has 1 fully saturated rings. The van der Waals surface area contributed by atoms with Gasteiger partial charge in [0.15, 0.2) is 9.84 Å². The van der Waals surface area contributed by atoms with Gasteiger partial charge in [0.2, 0.25) is 0 Å². The van der Waals surface area contributed by atoms with Crippen LogP contribution in [0.25, 0.3) is 10.2 Å². The number of fused-ring (bicyclic) bond motifs is 1. The molecule has 6 nitrogen and oxygen atoms in total. The molecule has 1 saturated heterocycles. The number of thiophene rings is 1. The molecule has 1 aliphatic heterocycles. The van der Waals surface area contributed by atoms with Crippen LogP contribution in [0, 0.1) is 12.8 Å². The smallest absolute Gasteiger partial charge is 0.261 e. The molecule has 148 valence electrons. The third kappa shape index (κ3) is 4.09. The summed E-state index contributed by atoms with van der Waals surface area (Å²) < 4.78 is 25.0. The lowest BCUT2D eigenvalue weighted by molar-refractivity contribution is 0.0952. The van der Waals surface area contributed by atoms with Crippen LogP contribution in [0.3, 0.4) is 0 Å². The van der Waals surface area contributed by atoms with E-state index >= 15 is 0 Å². The van der Waals surface area contributed by atoms with E-state index in [2.05, 4.69) is 10.4 Å². The van der Waals surface area contributed by atoms with E-state index in [0.29, 0.717) is 29.4 Å². The van der Waals surface area contributed by atoms with Gasteiger partial charge in [-0.2, -0.15) is 5.10 Å². The summed E-state index contributed by atoms with van der Waals surface area (Å²) in [6, 6.07) is 9.48. The number of aromatic nitrogens is 2. The molecular formula is C19H20ClN3O3S2. The van der Waals surface area contributed by atoms with E-state index < -0.39 is 9.84 Å². The summed E-state index contributed by atoms with van der Waals surface area (Å²) in [5.41, 5.74) is 1.96. The molecule has 28 heavy (non-hydrogen) atoms. The number of aryl methyl sites for hydroxylation is 1. The minimum Gasteiger partial charge on any atom is -0.351 e. The Hall–Kier alpha value is -1.90. The van der Waals surface area contributed by atoms with E-state index in [9.17, 15) is 13.2 Å². The van der Waals surface area contributed by atoms with Gasteiger partial charge in [-0.25, -0.2) is 8.42 Å². The summed E-state index contributed by atoms with van der Waals surface area (Å²) in [5.74, 6) is 0.221. The quantitative estimate of drug-likeness (QED) is 0.664. The van der Waals surface area contributed by atoms with E-state index in [0.717, 1.165) is 21.5 Å². The fourth-order valence-electron chi connectivity index (χ4n) is 3.45. The summed E-state index contributed by atoms with van der Waals surface area (Å²) in [5, 5.41) is 9.13. The van der Waals surface area contributed by atoms with Crippen LogP contribution in [0.5, 0.6) is 0 Å². The number of carbonyl (C=O) groups is 1. The van der Waals surface area contributed by atoms with Crippen LogP contribution in [0.1, 0.15) is 27.3 Å². The highest BCUT2D eigenvalue weighted by atomic mass is 35.5. The van der Waals surface area contributed by atoms with Gasteiger partial charge in [-0.3, -0.25) is 9.48 Å². The number of nitrogens with zero attached hydrogens (tertiary/aromatic N) is 2. The lowest BCUT2D eigenvalue weighted by Gasteiger charge is -2.08. The second-order valence-corrected chi connectivity index (χ2v) is 10.9. The molecule has 4 rings (SSSR count). The van der Waals surface area contributed by atoms with Crippen molar-refractivity contribution in [3.05, 3.63) is 51.5 Å². The number of amides is 1. The highest BCUT2D eigenvalue weighted by Gasteiger charge is 2.28. The molecule has 1 amide bonds. The lowest BCUT2D eigenvalue weighted by atomic mass is 10.1. The fourth-order valence-corrected chi connectivity index (χ4v) is 6.52. The first-order valence-corrected chi connectivity index (χ1v) is 12.0. The second-order valence-electron chi connectivity index (χ2n) is 7.18. The maximum atomic E-state index is 12.6. The minimum absolute atomic E-state index is 0.00506. The predicted molar refractivity (Wildman–Crippen MR) is 112 cm³/mol. The first-order valence-electron chi connectivity index (χ1n) is 9.01. The van der Waals surface area contributed by atoms with Crippen LogP contribution >= 0.6 is 22.9 Å². The zero-order chi connectivity index (χ0) is 19.9. The average Bonchev–Trinajstić information content (AvgIpc) is 3.31. The Bertz CT molecular complexity index is 1130. The molecule has 1 aliphatic rings. The van der Waals surface area contributed by atoms with Crippen molar-refractivity contribution in [3.63, 3.8) is 0 Å². The Morgan fingerprint density at radius 1 is 1.36 bits per heavy atom. The minimum atomic E-state index is -2.93. The van der Waals surface area contributed by atoms with E-state index in [1.165, 1.54) is 11.3 Å². The number of halogens is 1. The van der Waals surface area contributed by atoms with Crippen molar-refractivity contribution in [2.45, 2.75) is 19.9 Å². The highest BCUT2D eigenvalue weighted by molar-refractivity contribution is 7.91. The Kier molecular flexibility index (Phi) is 5.20. The molecule has 1 N–H and O–H groups in total. The van der Waals surface area contributed by atoms with Gasteiger partial charge in [0, 0.05) is 17.0 Å². The largest absolute Gasteiger partial charge is 0.351 e. The van der Waals surface area contributed by atoms with Gasteiger partial charge in [-0.15, -0.1) is 11.3 Å². The zero-order valence-corrected chi connectivity index (χ0v) is 17.7. The van der Waals surface area contributed by atoms with Gasteiger partial charge in [0.1, 0.15) is 4.83 Å². The molecule has 0 saturated carbocycles. The number of hydrogen-bond donors (Lipinski definition) is 1. The molecule has 1 aromatic carbocycles. The molecule has 3 heterocycles. The van der Waals surface area contributed by atoms with E-state index in [1.54, 1.807) is 0 Å². The molecule has 1 unspecified atom stereocenters. The van der Waals surface area contributed by atoms with Gasteiger partial charge in [-0.1, -0.05) is 23.7 Å². The molecular weight excluding hydrogens is 418 g/mol. The SMILES string of the molecule is Cc1nn(Cc2ccc(Cl)cc2)c2sc(C(=O)NCC3CCS(=O)(=O)C3)cc12. The standard InChI is InChI=1S/C19H20ClN3O3S2/c1-12-16-8-17(18(24)21-9-14-6-7-28(25,26)11-14)27-19(16)23(22-12)10-13-2-4-15(20)5-3-13/h2-5,8,14H,6-7,9-11H2,1H3,(H,21,24). The summed E-state index contributed by atoms with van der Waals surface area (Å²) >= 11 is 7.35. The van der Waals surface area contributed by atoms with E-state index in [-0.39, 0.29) is 23.3 Å². The Morgan fingerprint density at radius 3 is 2.79 bits per heavy atom. The van der Waals surface area contributed by atoms with Gasteiger partial charge >= 0.3 is 0 Å². The average molecular weight is 438 g/mol. The third-order valence-electron chi connectivity index (χ3n) is 4.95. The monoisotopic (exact) mass is 437 g/mol. The van der Waals surface area contributed by atoms with Crippen molar-refractivity contribution in [3.8, 4) is 0 Å². The predicted octanol–water partition coefficient (Wildman–Crippen LogP) is 3.27. The van der Waals surface area contributed by atoms with Crippen LogP contribution in [0.4, 0.5) is 0 Å². The van der Waals surface area contributed by atoms with Crippen LogP contribution in [-0.4, -0.2) is 42.2 Å². The number of nitrogens with one attached hydrogen (secondary N) is 1. The normalized spacial score (nSPS) is 18.6. The lowest BCUT2D eigenvalue weighted by Crippen LogP contribution is -2.29. The molecule has 9 heteroatoms. The highest BCUT2D eigenvalue weighted by Crippen LogP contribution is 2.29. The van der Waals surface area contributed by atoms with Crippen molar-refractivity contribution < 1.29 is 13.2 Å². The van der Waals surface area contributed by atoms with Crippen molar-refractivity contribution in [2.24, 2.45) is 5.92 Å². The van der Waals surface area contributed by atoms with E-state index in [4.69, 9.17) is 11.6 Å². The molecule has 0 bridgehead atoms. The Morgan fingerprint density at radius 2 is 2.11 bits per heavy atom. The zero-order valence-electron chi connectivity index (χ0n) is 15.3. The van der Waals surface area contributed by atoms with Crippen molar-refractivity contribution in [2.75, 3.05) is 18.1 Å². The first kappa shape index (κ1) is 19.4. The number of rotatable bonds is 5. The summed E-state index contributed by atoms with van der Waals surface area (Å²) in [6.07, 6.45) is 0.615. The van der Waals surface area contributed by atoms with Crippen LogP contribution < -0.4 is 5.32 Å². The van der Waals surface area contributed by atoms with Crippen LogP contribution in [-0.2, 0) is 16.4 Å². The van der Waals surface area contributed by atoms with Gasteiger partial charge in [0.25, 0.3) is 5.91 Å². The summed E-state index contributed by atoms with van der Waals surface area (Å²) in [7, 11) is -2.93. The first-order chi connectivity index (χ1) is 13.3. The molecule has 2 aromatic heterocycles. The molecule has 0 radical (unpaired) electrons.